The molecule has 7 nitrogen and oxygen atoms in total. The van der Waals surface area contributed by atoms with Crippen molar-refractivity contribution in [3.05, 3.63) is 35.2 Å². The van der Waals surface area contributed by atoms with E-state index in [9.17, 15) is 9.59 Å². The van der Waals surface area contributed by atoms with Crippen LogP contribution in [0.4, 0.5) is 0 Å². The predicted molar refractivity (Wildman–Crippen MR) is 75.8 cm³/mol. The Kier molecular flexibility index (Phi) is 3.62. The molecule has 3 rings (SSSR count). The Morgan fingerprint density at radius 2 is 2.27 bits per heavy atom. The Hall–Kier alpha value is -2.70. The first-order valence-corrected chi connectivity index (χ1v) is 6.97. The van der Waals surface area contributed by atoms with E-state index in [2.05, 4.69) is 10.1 Å². The summed E-state index contributed by atoms with van der Waals surface area (Å²) >= 11 is 0. The van der Waals surface area contributed by atoms with Gasteiger partial charge in [0.25, 0.3) is 5.91 Å². The highest BCUT2D eigenvalue weighted by molar-refractivity contribution is 6.00. The van der Waals surface area contributed by atoms with Crippen molar-refractivity contribution in [3.63, 3.8) is 0 Å². The number of fused-ring (bicyclic) bond motifs is 1. The van der Waals surface area contributed by atoms with Crippen molar-refractivity contribution in [2.45, 2.75) is 20.4 Å². The van der Waals surface area contributed by atoms with Crippen LogP contribution in [0.1, 0.15) is 28.7 Å². The van der Waals surface area contributed by atoms with Crippen LogP contribution in [0.25, 0.3) is 11.4 Å². The smallest absolute Gasteiger partial charge is 0.325 e. The molecular formula is C15H15N3O4. The topological polar surface area (TPSA) is 85.5 Å². The summed E-state index contributed by atoms with van der Waals surface area (Å²) in [5.74, 6) is 0.392. The Bertz CT molecular complexity index is 738. The predicted octanol–water partition coefficient (Wildman–Crippen LogP) is 1.56. The second-order valence-corrected chi connectivity index (χ2v) is 4.98. The van der Waals surface area contributed by atoms with Crippen LogP contribution >= 0.6 is 0 Å². The highest BCUT2D eigenvalue weighted by Gasteiger charge is 2.29. The molecule has 1 aromatic heterocycles. The Morgan fingerprint density at radius 3 is 2.95 bits per heavy atom. The van der Waals surface area contributed by atoms with Crippen molar-refractivity contribution in [3.8, 4) is 11.4 Å². The number of aromatic nitrogens is 2. The lowest BCUT2D eigenvalue weighted by atomic mass is 10.1. The molecule has 0 fully saturated rings. The second-order valence-electron chi connectivity index (χ2n) is 4.98. The van der Waals surface area contributed by atoms with Crippen molar-refractivity contribution < 1.29 is 18.8 Å². The summed E-state index contributed by atoms with van der Waals surface area (Å²) in [4.78, 5) is 29.4. The minimum atomic E-state index is -0.405. The van der Waals surface area contributed by atoms with Crippen molar-refractivity contribution in [2.24, 2.45) is 0 Å². The van der Waals surface area contributed by atoms with Gasteiger partial charge in [0.15, 0.2) is 0 Å². The number of benzene rings is 1. The van der Waals surface area contributed by atoms with Gasteiger partial charge in [-0.1, -0.05) is 11.2 Å². The monoisotopic (exact) mass is 301 g/mol. The molecule has 1 aliphatic rings. The number of carbonyl (C=O) groups is 2. The Morgan fingerprint density at radius 1 is 1.45 bits per heavy atom. The van der Waals surface area contributed by atoms with E-state index in [0.717, 1.165) is 11.1 Å². The van der Waals surface area contributed by atoms with Gasteiger partial charge in [-0.25, -0.2) is 0 Å². The van der Waals surface area contributed by atoms with E-state index in [4.69, 9.17) is 9.26 Å². The first kappa shape index (κ1) is 14.2. The lowest BCUT2D eigenvalue weighted by molar-refractivity contribution is -0.143. The molecule has 0 atom stereocenters. The zero-order valence-corrected chi connectivity index (χ0v) is 12.3. The molecule has 0 N–H and O–H groups in total. The second kappa shape index (κ2) is 5.59. The fourth-order valence-electron chi connectivity index (χ4n) is 2.43. The number of ether oxygens (including phenoxy) is 1. The summed E-state index contributed by atoms with van der Waals surface area (Å²) in [6, 6.07) is 5.35. The van der Waals surface area contributed by atoms with Crippen molar-refractivity contribution >= 4 is 11.9 Å². The van der Waals surface area contributed by atoms with E-state index in [1.165, 1.54) is 4.90 Å². The minimum absolute atomic E-state index is 0.0436. The molecule has 22 heavy (non-hydrogen) atoms. The van der Waals surface area contributed by atoms with E-state index in [1.807, 2.05) is 6.07 Å². The normalized spacial score (nSPS) is 13.4. The lowest BCUT2D eigenvalue weighted by Crippen LogP contribution is -2.31. The van der Waals surface area contributed by atoms with Gasteiger partial charge in [0.05, 0.1) is 6.61 Å². The zero-order chi connectivity index (χ0) is 15.7. The molecule has 0 aliphatic carbocycles. The number of carbonyl (C=O) groups excluding carboxylic acids is 2. The number of esters is 1. The van der Waals surface area contributed by atoms with Gasteiger partial charge in [-0.15, -0.1) is 0 Å². The molecule has 0 spiro atoms. The maximum atomic E-state index is 12.3. The molecule has 0 saturated heterocycles. The summed E-state index contributed by atoms with van der Waals surface area (Å²) < 4.78 is 9.84. The van der Waals surface area contributed by atoms with Crippen molar-refractivity contribution in [1.82, 2.24) is 15.0 Å². The maximum Gasteiger partial charge on any atom is 0.325 e. The van der Waals surface area contributed by atoms with Crippen LogP contribution < -0.4 is 0 Å². The third-order valence-corrected chi connectivity index (χ3v) is 3.40. The SMILES string of the molecule is CCOC(=O)CN1Cc2cc(-c3noc(C)n3)ccc2C1=O. The summed E-state index contributed by atoms with van der Waals surface area (Å²) in [6.07, 6.45) is 0. The van der Waals surface area contributed by atoms with Crippen LogP contribution in [0.3, 0.4) is 0 Å². The van der Waals surface area contributed by atoms with Crippen LogP contribution in [0.5, 0.6) is 0 Å². The fraction of sp³-hybridized carbons (Fsp3) is 0.333. The molecule has 0 radical (unpaired) electrons. The zero-order valence-electron chi connectivity index (χ0n) is 12.3. The average molecular weight is 301 g/mol. The number of hydrogen-bond donors (Lipinski definition) is 0. The van der Waals surface area contributed by atoms with Crippen LogP contribution in [-0.2, 0) is 16.1 Å². The molecule has 1 aliphatic heterocycles. The quantitative estimate of drug-likeness (QED) is 0.797. The first-order valence-electron chi connectivity index (χ1n) is 6.97. The summed E-state index contributed by atoms with van der Waals surface area (Å²) in [5, 5.41) is 3.86. The fourth-order valence-corrected chi connectivity index (χ4v) is 2.43. The minimum Gasteiger partial charge on any atom is -0.465 e. The molecule has 0 bridgehead atoms. The van der Waals surface area contributed by atoms with Crippen molar-refractivity contribution in [1.29, 1.82) is 0 Å². The van der Waals surface area contributed by atoms with Crippen molar-refractivity contribution in [2.75, 3.05) is 13.2 Å². The van der Waals surface area contributed by atoms with E-state index in [0.29, 0.717) is 30.4 Å². The van der Waals surface area contributed by atoms with Crippen LogP contribution in [-0.4, -0.2) is 40.1 Å². The van der Waals surface area contributed by atoms with E-state index in [1.54, 1.807) is 26.0 Å². The molecule has 1 aromatic carbocycles. The first-order chi connectivity index (χ1) is 10.6. The lowest BCUT2D eigenvalue weighted by Gasteiger charge is -2.13. The average Bonchev–Trinajstić information content (AvgIpc) is 3.04. The van der Waals surface area contributed by atoms with Gasteiger partial charge in [-0.3, -0.25) is 9.59 Å². The third-order valence-electron chi connectivity index (χ3n) is 3.40. The van der Waals surface area contributed by atoms with E-state index in [-0.39, 0.29) is 12.5 Å². The number of aryl methyl sites for hydroxylation is 1. The number of hydrogen-bond acceptors (Lipinski definition) is 6. The largest absolute Gasteiger partial charge is 0.465 e. The van der Waals surface area contributed by atoms with Gasteiger partial charge in [0.2, 0.25) is 11.7 Å². The highest BCUT2D eigenvalue weighted by atomic mass is 16.5. The molecule has 1 amide bonds. The van der Waals surface area contributed by atoms with Gasteiger partial charge in [-0.05, 0) is 24.6 Å². The number of nitrogens with zero attached hydrogens (tertiary/aromatic N) is 3. The third kappa shape index (κ3) is 2.57. The maximum absolute atomic E-state index is 12.3. The van der Waals surface area contributed by atoms with Gasteiger partial charge in [0, 0.05) is 24.6 Å². The summed E-state index contributed by atoms with van der Waals surface area (Å²) in [7, 11) is 0. The van der Waals surface area contributed by atoms with Gasteiger partial charge >= 0.3 is 5.97 Å². The molecule has 7 heteroatoms. The van der Waals surface area contributed by atoms with E-state index < -0.39 is 5.97 Å². The van der Waals surface area contributed by atoms with Crippen LogP contribution in [0.2, 0.25) is 0 Å². The molecule has 2 aromatic rings. The standard InChI is InChI=1S/C15H15N3O4/c1-3-21-13(19)8-18-7-11-6-10(4-5-12(11)15(18)20)14-16-9(2)22-17-14/h4-6H,3,7-8H2,1-2H3. The molecular weight excluding hydrogens is 286 g/mol. The summed E-state index contributed by atoms with van der Waals surface area (Å²) in [5.41, 5.74) is 2.21. The molecule has 2 heterocycles. The highest BCUT2D eigenvalue weighted by Crippen LogP contribution is 2.27. The summed E-state index contributed by atoms with van der Waals surface area (Å²) in [6.45, 7) is 4.08. The number of rotatable bonds is 4. The van der Waals surface area contributed by atoms with Crippen LogP contribution in [0.15, 0.2) is 22.7 Å². The van der Waals surface area contributed by atoms with Gasteiger partial charge in [0.1, 0.15) is 6.54 Å². The van der Waals surface area contributed by atoms with Gasteiger partial charge < -0.3 is 14.2 Å². The van der Waals surface area contributed by atoms with Gasteiger partial charge in [-0.2, -0.15) is 4.98 Å². The molecule has 114 valence electrons. The van der Waals surface area contributed by atoms with Crippen LogP contribution in [0, 0.1) is 6.92 Å². The number of amides is 1. The Labute approximate surface area is 126 Å². The molecule has 0 saturated carbocycles. The molecule has 0 unspecified atom stereocenters. The van der Waals surface area contributed by atoms with E-state index >= 15 is 0 Å². The Balaban J connectivity index is 1.82.